The molecule has 1 rings (SSSR count). The molecule has 0 amide bonds. The van der Waals surface area contributed by atoms with Crippen molar-refractivity contribution in [1.82, 2.24) is 5.32 Å². The van der Waals surface area contributed by atoms with E-state index in [2.05, 4.69) is 19.2 Å². The Balaban J connectivity index is 2.45. The highest BCUT2D eigenvalue weighted by atomic mass is 19.1. The summed E-state index contributed by atoms with van der Waals surface area (Å²) in [5, 5.41) is 3.23. The third kappa shape index (κ3) is 2.44. The van der Waals surface area contributed by atoms with E-state index in [1.54, 1.807) is 6.92 Å². The Morgan fingerprint density at radius 1 is 1.58 bits per heavy atom. The van der Waals surface area contributed by atoms with Crippen LogP contribution in [0.2, 0.25) is 0 Å². The van der Waals surface area contributed by atoms with Gasteiger partial charge in [0.2, 0.25) is 0 Å². The number of hydrogen-bond acceptors (Lipinski definition) is 1. The minimum Gasteiger partial charge on any atom is -0.311 e. The van der Waals surface area contributed by atoms with Gasteiger partial charge in [-0.1, -0.05) is 13.8 Å². The maximum atomic E-state index is 14.0. The standard InChI is InChI=1S/C10H20FN/c1-8(2)7-10(3,11)9-5-4-6-12-9/h8-9,12H,4-7H2,1-3H3. The van der Waals surface area contributed by atoms with Gasteiger partial charge in [0.05, 0.1) is 0 Å². The van der Waals surface area contributed by atoms with E-state index in [0.717, 1.165) is 19.4 Å². The Morgan fingerprint density at radius 2 is 2.25 bits per heavy atom. The normalized spacial score (nSPS) is 29.2. The van der Waals surface area contributed by atoms with Crippen LogP contribution in [0.4, 0.5) is 4.39 Å². The van der Waals surface area contributed by atoms with E-state index in [1.807, 2.05) is 0 Å². The lowest BCUT2D eigenvalue weighted by Gasteiger charge is -2.29. The fraction of sp³-hybridized carbons (Fsp3) is 1.00. The molecule has 1 fully saturated rings. The van der Waals surface area contributed by atoms with Crippen LogP contribution in [0, 0.1) is 5.92 Å². The van der Waals surface area contributed by atoms with Crippen LogP contribution in [0.1, 0.15) is 40.0 Å². The molecule has 1 aliphatic heterocycles. The number of hydrogen-bond donors (Lipinski definition) is 1. The van der Waals surface area contributed by atoms with E-state index >= 15 is 0 Å². The Kier molecular flexibility index (Phi) is 3.10. The summed E-state index contributed by atoms with van der Waals surface area (Å²) in [4.78, 5) is 0. The van der Waals surface area contributed by atoms with Gasteiger partial charge >= 0.3 is 0 Å². The lowest BCUT2D eigenvalue weighted by molar-refractivity contribution is 0.108. The van der Waals surface area contributed by atoms with Crippen LogP contribution in [-0.4, -0.2) is 18.3 Å². The molecule has 0 bridgehead atoms. The molecule has 1 heterocycles. The fourth-order valence-corrected chi connectivity index (χ4v) is 2.14. The second kappa shape index (κ2) is 3.73. The molecular formula is C10H20FN. The highest BCUT2D eigenvalue weighted by Crippen LogP contribution is 2.29. The lowest BCUT2D eigenvalue weighted by atomic mass is 9.88. The van der Waals surface area contributed by atoms with Crippen molar-refractivity contribution in [2.24, 2.45) is 5.92 Å². The van der Waals surface area contributed by atoms with Crippen molar-refractivity contribution in [3.63, 3.8) is 0 Å². The maximum Gasteiger partial charge on any atom is 0.123 e. The fourth-order valence-electron chi connectivity index (χ4n) is 2.14. The zero-order valence-electron chi connectivity index (χ0n) is 8.36. The second-order valence-corrected chi connectivity index (χ2v) is 4.52. The molecular weight excluding hydrogens is 153 g/mol. The molecule has 2 atom stereocenters. The van der Waals surface area contributed by atoms with E-state index in [9.17, 15) is 4.39 Å². The summed E-state index contributed by atoms with van der Waals surface area (Å²) in [6, 6.07) is 0.0971. The largest absolute Gasteiger partial charge is 0.311 e. The van der Waals surface area contributed by atoms with Crippen molar-refractivity contribution in [3.05, 3.63) is 0 Å². The van der Waals surface area contributed by atoms with Gasteiger partial charge in [-0.3, -0.25) is 0 Å². The molecule has 0 aromatic carbocycles. The smallest absolute Gasteiger partial charge is 0.123 e. The Morgan fingerprint density at radius 3 is 2.67 bits per heavy atom. The summed E-state index contributed by atoms with van der Waals surface area (Å²) >= 11 is 0. The highest BCUT2D eigenvalue weighted by Gasteiger charge is 2.36. The van der Waals surface area contributed by atoms with Gasteiger partial charge in [-0.2, -0.15) is 0 Å². The predicted molar refractivity (Wildman–Crippen MR) is 50.0 cm³/mol. The molecule has 0 saturated carbocycles. The van der Waals surface area contributed by atoms with Crippen LogP contribution in [0.15, 0.2) is 0 Å². The third-order valence-electron chi connectivity index (χ3n) is 2.59. The van der Waals surface area contributed by atoms with Gasteiger partial charge < -0.3 is 5.32 Å². The monoisotopic (exact) mass is 173 g/mol. The summed E-state index contributed by atoms with van der Waals surface area (Å²) in [6.07, 6.45) is 2.80. The summed E-state index contributed by atoms with van der Waals surface area (Å²) in [6.45, 7) is 6.87. The molecule has 1 nitrogen and oxygen atoms in total. The van der Waals surface area contributed by atoms with E-state index in [4.69, 9.17) is 0 Å². The summed E-state index contributed by atoms with van der Waals surface area (Å²) in [7, 11) is 0. The van der Waals surface area contributed by atoms with E-state index in [-0.39, 0.29) is 6.04 Å². The third-order valence-corrected chi connectivity index (χ3v) is 2.59. The molecule has 0 aromatic heterocycles. The first-order valence-corrected chi connectivity index (χ1v) is 4.94. The van der Waals surface area contributed by atoms with Crippen LogP contribution in [0.3, 0.4) is 0 Å². The van der Waals surface area contributed by atoms with Crippen molar-refractivity contribution >= 4 is 0 Å². The van der Waals surface area contributed by atoms with Crippen LogP contribution in [0.25, 0.3) is 0 Å². The minimum atomic E-state index is -1.01. The molecule has 0 aliphatic carbocycles. The predicted octanol–water partition coefficient (Wildman–Crippen LogP) is 2.51. The Labute approximate surface area is 74.7 Å². The van der Waals surface area contributed by atoms with Crippen LogP contribution >= 0.6 is 0 Å². The summed E-state index contributed by atoms with van der Waals surface area (Å²) in [5.74, 6) is 0.447. The number of nitrogens with one attached hydrogen (secondary N) is 1. The average Bonchev–Trinajstić information content (AvgIpc) is 2.32. The van der Waals surface area contributed by atoms with Crippen LogP contribution in [0.5, 0.6) is 0 Å². The first-order chi connectivity index (χ1) is 5.52. The van der Waals surface area contributed by atoms with Crippen molar-refractivity contribution in [2.45, 2.75) is 51.7 Å². The van der Waals surface area contributed by atoms with Crippen molar-refractivity contribution in [2.75, 3.05) is 6.54 Å². The highest BCUT2D eigenvalue weighted by molar-refractivity contribution is 4.92. The molecule has 0 radical (unpaired) electrons. The SMILES string of the molecule is CC(C)CC(C)(F)C1CCCN1. The quantitative estimate of drug-likeness (QED) is 0.691. The van der Waals surface area contributed by atoms with Crippen molar-refractivity contribution in [1.29, 1.82) is 0 Å². The molecule has 1 saturated heterocycles. The average molecular weight is 173 g/mol. The van der Waals surface area contributed by atoms with Gasteiger partial charge in [-0.15, -0.1) is 0 Å². The van der Waals surface area contributed by atoms with Gasteiger partial charge in [-0.05, 0) is 38.6 Å². The molecule has 2 heteroatoms. The van der Waals surface area contributed by atoms with Gasteiger partial charge in [-0.25, -0.2) is 4.39 Å². The van der Waals surface area contributed by atoms with Crippen LogP contribution in [-0.2, 0) is 0 Å². The topological polar surface area (TPSA) is 12.0 Å². The molecule has 1 aliphatic rings. The zero-order chi connectivity index (χ0) is 9.19. The van der Waals surface area contributed by atoms with Gasteiger partial charge in [0.1, 0.15) is 5.67 Å². The first-order valence-electron chi connectivity index (χ1n) is 4.94. The Bertz CT molecular complexity index is 137. The second-order valence-electron chi connectivity index (χ2n) is 4.52. The van der Waals surface area contributed by atoms with Crippen molar-refractivity contribution in [3.8, 4) is 0 Å². The van der Waals surface area contributed by atoms with Gasteiger partial charge in [0, 0.05) is 6.04 Å². The van der Waals surface area contributed by atoms with Gasteiger partial charge in [0.25, 0.3) is 0 Å². The summed E-state index contributed by atoms with van der Waals surface area (Å²) < 4.78 is 14.0. The van der Waals surface area contributed by atoms with E-state index < -0.39 is 5.67 Å². The lowest BCUT2D eigenvalue weighted by Crippen LogP contribution is -2.42. The number of halogens is 1. The van der Waals surface area contributed by atoms with E-state index in [1.165, 1.54) is 0 Å². The molecule has 72 valence electrons. The van der Waals surface area contributed by atoms with Crippen molar-refractivity contribution < 1.29 is 4.39 Å². The molecule has 12 heavy (non-hydrogen) atoms. The van der Waals surface area contributed by atoms with Crippen LogP contribution < -0.4 is 5.32 Å². The van der Waals surface area contributed by atoms with Gasteiger partial charge in [0.15, 0.2) is 0 Å². The summed E-state index contributed by atoms with van der Waals surface area (Å²) in [5.41, 5.74) is -1.01. The molecule has 0 spiro atoms. The molecule has 2 unspecified atom stereocenters. The number of alkyl halides is 1. The minimum absolute atomic E-state index is 0.0971. The first kappa shape index (κ1) is 9.97. The number of rotatable bonds is 3. The zero-order valence-corrected chi connectivity index (χ0v) is 8.36. The van der Waals surface area contributed by atoms with E-state index in [0.29, 0.717) is 12.3 Å². The Hall–Kier alpha value is -0.110. The molecule has 0 aromatic rings. The molecule has 1 N–H and O–H groups in total. The maximum absolute atomic E-state index is 14.0.